The molecule has 6 nitrogen and oxygen atoms in total. The number of hydrogen-bond donors (Lipinski definition) is 1. The van der Waals surface area contributed by atoms with Crippen LogP contribution in [0.4, 0.5) is 0 Å². The number of carbonyl (C=O) groups is 2. The molecule has 2 aromatic rings. The van der Waals surface area contributed by atoms with Crippen molar-refractivity contribution in [1.29, 1.82) is 0 Å². The van der Waals surface area contributed by atoms with Gasteiger partial charge in [0.05, 0.1) is 6.26 Å². The average molecular weight is 342 g/mol. The maximum atomic E-state index is 12.5. The number of rotatable bonds is 5. The number of piperidine rings is 1. The van der Waals surface area contributed by atoms with E-state index in [1.54, 1.807) is 12.1 Å². The van der Waals surface area contributed by atoms with Crippen molar-refractivity contribution in [2.45, 2.75) is 31.5 Å². The SMILES string of the molecule is CN(Cc1ccccc1)[C@H]1CCN(C(=O)c2ccco2)[C@H](C(=O)O)C1. The van der Waals surface area contributed by atoms with Crippen molar-refractivity contribution in [2.24, 2.45) is 0 Å². The monoisotopic (exact) mass is 342 g/mol. The van der Waals surface area contributed by atoms with Crippen LogP contribution in [0.15, 0.2) is 53.1 Å². The number of carboxylic acid groups (broad SMARTS) is 1. The molecule has 1 aliphatic heterocycles. The summed E-state index contributed by atoms with van der Waals surface area (Å²) in [5.41, 5.74) is 1.19. The average Bonchev–Trinajstić information content (AvgIpc) is 3.16. The molecule has 1 fully saturated rings. The Hall–Kier alpha value is -2.60. The lowest BCUT2D eigenvalue weighted by molar-refractivity contribution is -0.144. The third-order valence-electron chi connectivity index (χ3n) is 4.75. The second-order valence-electron chi connectivity index (χ2n) is 6.41. The lowest BCUT2D eigenvalue weighted by Gasteiger charge is -2.40. The molecule has 6 heteroatoms. The minimum Gasteiger partial charge on any atom is -0.480 e. The van der Waals surface area contributed by atoms with Gasteiger partial charge in [-0.15, -0.1) is 0 Å². The highest BCUT2D eigenvalue weighted by Crippen LogP contribution is 2.24. The molecule has 25 heavy (non-hydrogen) atoms. The fourth-order valence-electron chi connectivity index (χ4n) is 3.37. The zero-order valence-electron chi connectivity index (χ0n) is 14.2. The van der Waals surface area contributed by atoms with Gasteiger partial charge in [-0.2, -0.15) is 0 Å². The van der Waals surface area contributed by atoms with Crippen molar-refractivity contribution in [3.8, 4) is 0 Å². The lowest BCUT2D eigenvalue weighted by Crippen LogP contribution is -2.54. The van der Waals surface area contributed by atoms with Crippen molar-refractivity contribution >= 4 is 11.9 Å². The summed E-state index contributed by atoms with van der Waals surface area (Å²) >= 11 is 0. The predicted octanol–water partition coefficient (Wildman–Crippen LogP) is 2.47. The Kier molecular flexibility index (Phi) is 5.19. The molecule has 3 rings (SSSR count). The standard InChI is InChI=1S/C19H22N2O4/c1-20(13-14-6-3-2-4-7-14)15-9-10-21(16(12-15)19(23)24)18(22)17-8-5-11-25-17/h2-8,11,15-16H,9-10,12-13H2,1H3,(H,23,24)/t15-,16-/m0/s1. The normalized spacial score (nSPS) is 20.6. The molecule has 0 saturated carbocycles. The van der Waals surface area contributed by atoms with Gasteiger partial charge < -0.3 is 14.4 Å². The molecule has 0 bridgehead atoms. The van der Waals surface area contributed by atoms with Crippen LogP contribution in [-0.4, -0.2) is 52.5 Å². The summed E-state index contributed by atoms with van der Waals surface area (Å²) in [7, 11) is 2.00. The molecule has 132 valence electrons. The Morgan fingerprint density at radius 2 is 2.00 bits per heavy atom. The topological polar surface area (TPSA) is 74.0 Å². The molecule has 1 aliphatic rings. The largest absolute Gasteiger partial charge is 0.480 e. The molecule has 1 amide bonds. The Labute approximate surface area is 146 Å². The van der Waals surface area contributed by atoms with Crippen molar-refractivity contribution in [3.63, 3.8) is 0 Å². The highest BCUT2D eigenvalue weighted by atomic mass is 16.4. The molecule has 1 aromatic carbocycles. The summed E-state index contributed by atoms with van der Waals surface area (Å²) in [6.45, 7) is 1.16. The van der Waals surface area contributed by atoms with Crippen LogP contribution >= 0.6 is 0 Å². The van der Waals surface area contributed by atoms with Crippen molar-refractivity contribution in [2.75, 3.05) is 13.6 Å². The molecule has 1 N–H and O–H groups in total. The van der Waals surface area contributed by atoms with Gasteiger partial charge >= 0.3 is 5.97 Å². The number of nitrogens with zero attached hydrogens (tertiary/aromatic N) is 2. The van der Waals surface area contributed by atoms with E-state index in [9.17, 15) is 14.7 Å². The van der Waals surface area contributed by atoms with E-state index in [1.807, 2.05) is 25.2 Å². The molecule has 0 aliphatic carbocycles. The van der Waals surface area contributed by atoms with Gasteiger partial charge in [0.15, 0.2) is 5.76 Å². The van der Waals surface area contributed by atoms with Crippen molar-refractivity contribution < 1.29 is 19.1 Å². The summed E-state index contributed by atoms with van der Waals surface area (Å²) in [4.78, 5) is 27.8. The highest BCUT2D eigenvalue weighted by molar-refractivity contribution is 5.94. The molecule has 0 unspecified atom stereocenters. The molecule has 0 radical (unpaired) electrons. The Bertz CT molecular complexity index is 714. The first-order valence-electron chi connectivity index (χ1n) is 8.37. The van der Waals surface area contributed by atoms with Gasteiger partial charge in [0.1, 0.15) is 6.04 Å². The number of hydrogen-bond acceptors (Lipinski definition) is 4. The van der Waals surface area contributed by atoms with Crippen LogP contribution in [0.25, 0.3) is 0 Å². The molecule has 2 atom stereocenters. The van der Waals surface area contributed by atoms with Crippen molar-refractivity contribution in [3.05, 3.63) is 60.1 Å². The quantitative estimate of drug-likeness (QED) is 0.903. The van der Waals surface area contributed by atoms with Gasteiger partial charge in [-0.05, 0) is 37.6 Å². The first-order valence-corrected chi connectivity index (χ1v) is 8.37. The first kappa shape index (κ1) is 17.2. The molecular formula is C19H22N2O4. The first-order chi connectivity index (χ1) is 12.1. The Morgan fingerprint density at radius 3 is 2.64 bits per heavy atom. The number of benzene rings is 1. The Morgan fingerprint density at radius 1 is 1.24 bits per heavy atom. The zero-order chi connectivity index (χ0) is 17.8. The minimum atomic E-state index is -0.974. The van der Waals surface area contributed by atoms with Crippen LogP contribution in [0.5, 0.6) is 0 Å². The number of furan rings is 1. The predicted molar refractivity (Wildman–Crippen MR) is 92.1 cm³/mol. The van der Waals surface area contributed by atoms with Crippen LogP contribution in [0.2, 0.25) is 0 Å². The van der Waals surface area contributed by atoms with Crippen LogP contribution in [0, 0.1) is 0 Å². The van der Waals surface area contributed by atoms with E-state index in [1.165, 1.54) is 16.7 Å². The van der Waals surface area contributed by atoms with Gasteiger partial charge in [0.25, 0.3) is 5.91 Å². The molecule has 2 heterocycles. The number of aliphatic carboxylic acids is 1. The third kappa shape index (κ3) is 3.91. The van der Waals surface area contributed by atoms with E-state index in [-0.39, 0.29) is 17.7 Å². The number of amides is 1. The summed E-state index contributed by atoms with van der Waals surface area (Å²) < 4.78 is 5.14. The van der Waals surface area contributed by atoms with E-state index in [2.05, 4.69) is 17.0 Å². The summed E-state index contributed by atoms with van der Waals surface area (Å²) in [5, 5.41) is 9.60. The second-order valence-corrected chi connectivity index (χ2v) is 6.41. The summed E-state index contributed by atoms with van der Waals surface area (Å²) in [6.07, 6.45) is 2.56. The zero-order valence-corrected chi connectivity index (χ0v) is 14.2. The second kappa shape index (κ2) is 7.53. The smallest absolute Gasteiger partial charge is 0.326 e. The molecule has 1 saturated heterocycles. The maximum absolute atomic E-state index is 12.5. The van der Waals surface area contributed by atoms with Crippen LogP contribution in [0.3, 0.4) is 0 Å². The number of carboxylic acids is 1. The van der Waals surface area contributed by atoms with Gasteiger partial charge in [-0.25, -0.2) is 4.79 Å². The van der Waals surface area contributed by atoms with E-state index in [4.69, 9.17) is 4.42 Å². The van der Waals surface area contributed by atoms with Crippen LogP contribution in [-0.2, 0) is 11.3 Å². The van der Waals surface area contributed by atoms with E-state index in [0.717, 1.165) is 13.0 Å². The number of carbonyl (C=O) groups excluding carboxylic acids is 1. The van der Waals surface area contributed by atoms with Crippen molar-refractivity contribution in [1.82, 2.24) is 9.80 Å². The number of likely N-dealkylation sites (tertiary alicyclic amines) is 1. The summed E-state index contributed by atoms with van der Waals surface area (Å²) in [6, 6.07) is 12.5. The maximum Gasteiger partial charge on any atom is 0.326 e. The van der Waals surface area contributed by atoms with Crippen LogP contribution < -0.4 is 0 Å². The fourth-order valence-corrected chi connectivity index (χ4v) is 3.37. The van der Waals surface area contributed by atoms with Crippen LogP contribution in [0.1, 0.15) is 29.0 Å². The summed E-state index contributed by atoms with van der Waals surface area (Å²) in [5.74, 6) is -1.15. The molecule has 0 spiro atoms. The fraction of sp³-hybridized carbons (Fsp3) is 0.368. The van der Waals surface area contributed by atoms with Gasteiger partial charge in [0.2, 0.25) is 0 Å². The van der Waals surface area contributed by atoms with E-state index in [0.29, 0.717) is 13.0 Å². The molecular weight excluding hydrogens is 320 g/mol. The Balaban J connectivity index is 1.68. The molecule has 1 aromatic heterocycles. The van der Waals surface area contributed by atoms with E-state index < -0.39 is 12.0 Å². The minimum absolute atomic E-state index is 0.113. The van der Waals surface area contributed by atoms with Gasteiger partial charge in [-0.1, -0.05) is 30.3 Å². The highest BCUT2D eigenvalue weighted by Gasteiger charge is 2.38. The van der Waals surface area contributed by atoms with E-state index >= 15 is 0 Å². The van der Waals surface area contributed by atoms with Gasteiger partial charge in [0, 0.05) is 19.1 Å². The third-order valence-corrected chi connectivity index (χ3v) is 4.75. The van der Waals surface area contributed by atoms with Gasteiger partial charge in [-0.3, -0.25) is 9.69 Å². The lowest BCUT2D eigenvalue weighted by atomic mass is 9.95.